The van der Waals surface area contributed by atoms with Crippen molar-refractivity contribution in [1.29, 1.82) is 5.41 Å². The van der Waals surface area contributed by atoms with Crippen LogP contribution in [0.15, 0.2) is 84.9 Å². The van der Waals surface area contributed by atoms with Gasteiger partial charge in [0.25, 0.3) is 5.91 Å². The molecule has 91 heavy (non-hydrogen) atoms. The number of aryl methyl sites for hydroxylation is 1. The highest BCUT2D eigenvalue weighted by Gasteiger charge is 2.36. The van der Waals surface area contributed by atoms with E-state index in [9.17, 15) is 68.4 Å². The van der Waals surface area contributed by atoms with E-state index in [4.69, 9.17) is 5.41 Å². The number of phenols is 1. The number of unbranched alkanes of at least 4 members (excludes halogenated alkanes) is 1. The van der Waals surface area contributed by atoms with Gasteiger partial charge in [-0.15, -0.1) is 0 Å². The van der Waals surface area contributed by atoms with Crippen molar-refractivity contribution < 1.29 is 68.4 Å². The van der Waals surface area contributed by atoms with E-state index in [1.807, 2.05) is 95.9 Å². The number of carboxylic acids is 3. The molecule has 4 atom stereocenters. The molecule has 6 amide bonds. The molecule has 6 rings (SSSR count). The lowest BCUT2D eigenvalue weighted by Gasteiger charge is -2.32. The summed E-state index contributed by atoms with van der Waals surface area (Å²) in [7, 11) is 1.50. The molecule has 26 heteroatoms. The van der Waals surface area contributed by atoms with Crippen LogP contribution >= 0.6 is 22.6 Å². The molecule has 0 spiro atoms. The molecular formula is C65H88IN11O14. The molecule has 2 saturated heterocycles. The minimum atomic E-state index is -1.09. The summed E-state index contributed by atoms with van der Waals surface area (Å²) in [4.78, 5) is 136. The summed E-state index contributed by atoms with van der Waals surface area (Å²) < 4.78 is 0.571. The zero-order valence-corrected chi connectivity index (χ0v) is 54.5. The van der Waals surface area contributed by atoms with Crippen molar-refractivity contribution in [1.82, 2.24) is 51.1 Å². The smallest absolute Gasteiger partial charge is 0.317 e. The van der Waals surface area contributed by atoms with E-state index >= 15 is 0 Å². The zero-order chi connectivity index (χ0) is 66.6. The average molecular weight is 1370 g/mol. The molecule has 25 nitrogen and oxygen atoms in total. The molecule has 2 heterocycles. The van der Waals surface area contributed by atoms with Gasteiger partial charge in [-0.2, -0.15) is 0 Å². The Bertz CT molecular complexity index is 3140. The van der Waals surface area contributed by atoms with Gasteiger partial charge in [-0.05, 0) is 120 Å². The van der Waals surface area contributed by atoms with Gasteiger partial charge in [0.2, 0.25) is 29.5 Å². The van der Waals surface area contributed by atoms with E-state index in [1.165, 1.54) is 18.0 Å². The number of hydrogen-bond donors (Lipinski definition) is 10. The van der Waals surface area contributed by atoms with Gasteiger partial charge < -0.3 is 57.3 Å². The minimum Gasteiger partial charge on any atom is -0.507 e. The average Bonchev–Trinajstić information content (AvgIpc) is 1.69. The molecule has 2 aliphatic rings. The summed E-state index contributed by atoms with van der Waals surface area (Å²) >= 11 is 1.98. The Morgan fingerprint density at radius 1 is 0.604 bits per heavy atom. The van der Waals surface area contributed by atoms with Crippen LogP contribution in [0.5, 0.6) is 5.75 Å². The van der Waals surface area contributed by atoms with Crippen LogP contribution < -0.4 is 26.6 Å². The number of phenolic OH excluding ortho intramolecular Hbond substituents is 1. The standard InChI is InChI=1S/C38H47IN6O6.C27H41N5O8/c1-4-9-32-37(50)43-29(13-8-5-10-23(2)40)36(49)44-30(20-24-14-16-26-11-6-7-12-27(26)18-24)35(48)41-22-34(47)42-31(38(51)45(32)3)21-25-15-17-33(46)28(39)19-25;1-2-28-27(40)22-6-3-21(4-7-22)5-8-23(33)17-29-9-11-30(18-24(34)35)13-15-32(20-26(38)39)16-14-31(12-10-29)19-25(36)37/h6-7,11-12,14-19,29-32,40,46H,4-5,8-10,13,20-22H2,1-3H3,(H,41,48)(H,42,47)(H,43,50)(H,44,49);3-4,6-7H,2,5,8-20H2,1H3,(H,28,40)(H,34,35)(H,36,37)(H,38,39)/t29-,30-,31+,32+;/m0./s1. The van der Waals surface area contributed by atoms with Crippen molar-refractivity contribution in [2.24, 2.45) is 0 Å². The van der Waals surface area contributed by atoms with Gasteiger partial charge >= 0.3 is 17.9 Å². The fraction of sp³-hybridized carbons (Fsp3) is 0.492. The Kier molecular flexibility index (Phi) is 30.9. The van der Waals surface area contributed by atoms with Crippen LogP contribution in [0, 0.1) is 8.98 Å². The summed E-state index contributed by atoms with van der Waals surface area (Å²) in [5, 5.41) is 61.6. The van der Waals surface area contributed by atoms with E-state index in [0.29, 0.717) is 124 Å². The number of amides is 6. The molecule has 4 aromatic rings. The van der Waals surface area contributed by atoms with Gasteiger partial charge in [0.05, 0.1) is 36.3 Å². The normalized spacial score (nSPS) is 19.1. The Morgan fingerprint density at radius 3 is 1.68 bits per heavy atom. The molecule has 2 fully saturated rings. The van der Waals surface area contributed by atoms with E-state index in [-0.39, 0.29) is 62.9 Å². The number of carbonyl (C=O) groups excluding carboxylic acids is 7. The summed E-state index contributed by atoms with van der Waals surface area (Å²) in [5.41, 5.74) is 3.46. The number of nitrogens with zero attached hydrogens (tertiary/aromatic N) is 5. The van der Waals surface area contributed by atoms with Crippen molar-refractivity contribution >= 4 is 98.2 Å². The first-order chi connectivity index (χ1) is 43.4. The summed E-state index contributed by atoms with van der Waals surface area (Å²) in [5.74, 6) is -5.87. The monoisotopic (exact) mass is 1370 g/mol. The molecule has 0 unspecified atom stereocenters. The van der Waals surface area contributed by atoms with Crippen LogP contribution in [0.4, 0.5) is 0 Å². The van der Waals surface area contributed by atoms with Crippen LogP contribution in [0.2, 0.25) is 0 Å². The van der Waals surface area contributed by atoms with Crippen molar-refractivity contribution in [3.05, 3.63) is 111 Å². The molecule has 10 N–H and O–H groups in total. The summed E-state index contributed by atoms with van der Waals surface area (Å²) in [6, 6.07) is 21.4. The number of Topliss-reactive ketones (excluding diaryl/α,β-unsaturated/α-hetero) is 1. The number of likely N-dealkylation sites (N-methyl/N-ethyl adjacent to an activating group) is 1. The van der Waals surface area contributed by atoms with Gasteiger partial charge in [0, 0.05) is 96.5 Å². The third kappa shape index (κ3) is 26.1. The molecule has 4 aromatic carbocycles. The lowest BCUT2D eigenvalue weighted by atomic mass is 10.00. The fourth-order valence-electron chi connectivity index (χ4n) is 10.7. The summed E-state index contributed by atoms with van der Waals surface area (Å²) in [6.07, 6.45) is 3.84. The number of fused-ring (bicyclic) bond motifs is 1. The number of rotatable bonds is 24. The van der Waals surface area contributed by atoms with E-state index in [0.717, 1.165) is 21.9 Å². The van der Waals surface area contributed by atoms with Crippen LogP contribution in [0.3, 0.4) is 0 Å². The Balaban J connectivity index is 0.000000341. The number of halogens is 1. The lowest BCUT2D eigenvalue weighted by Crippen LogP contribution is -2.58. The number of benzene rings is 4. The van der Waals surface area contributed by atoms with Crippen molar-refractivity contribution in [3.8, 4) is 5.75 Å². The molecular weight excluding hydrogens is 1290 g/mol. The summed E-state index contributed by atoms with van der Waals surface area (Å²) in [6.45, 7) is 7.85. The second-order valence-electron chi connectivity index (χ2n) is 23.0. The maximum atomic E-state index is 14.0. The second-order valence-corrected chi connectivity index (χ2v) is 24.2. The number of aromatic hydroxyl groups is 1. The van der Waals surface area contributed by atoms with E-state index in [2.05, 4.69) is 26.6 Å². The minimum absolute atomic E-state index is 0.00194. The van der Waals surface area contributed by atoms with Crippen molar-refractivity contribution in [3.63, 3.8) is 0 Å². The molecule has 0 aliphatic carbocycles. The van der Waals surface area contributed by atoms with Crippen LogP contribution in [0.1, 0.15) is 92.8 Å². The maximum Gasteiger partial charge on any atom is 0.317 e. The predicted octanol–water partition coefficient (Wildman–Crippen LogP) is 3.16. The SMILES string of the molecule is CCC[C@@H]1C(=O)N[C@@H](CCCCC(C)=N)C(=O)N[C@@H](Cc2ccc3ccccc3c2)C(=O)NCC(=O)N[C@H](Cc2ccc(O)c(I)c2)C(=O)N1C.CCNC(=O)c1ccc(CCC(=O)CN2CCN(CC(=O)O)CCN(CC(=O)O)CCN(CC(=O)O)CC2)cc1. The van der Waals surface area contributed by atoms with Crippen molar-refractivity contribution in [2.45, 2.75) is 109 Å². The third-order valence-electron chi connectivity index (χ3n) is 15.7. The molecule has 2 aliphatic heterocycles. The molecule has 0 saturated carbocycles. The van der Waals surface area contributed by atoms with Gasteiger partial charge in [-0.1, -0.05) is 80.4 Å². The van der Waals surface area contributed by atoms with Crippen LogP contribution in [0.25, 0.3) is 10.8 Å². The zero-order valence-electron chi connectivity index (χ0n) is 52.3. The van der Waals surface area contributed by atoms with E-state index in [1.54, 1.807) is 45.9 Å². The Morgan fingerprint density at radius 2 is 1.13 bits per heavy atom. The first-order valence-electron chi connectivity index (χ1n) is 30.8. The van der Waals surface area contributed by atoms with Gasteiger partial charge in [-0.3, -0.25) is 67.5 Å². The molecule has 0 aromatic heterocycles. The quantitative estimate of drug-likeness (QED) is 0.0274. The molecule has 0 bridgehead atoms. The fourth-order valence-corrected chi connectivity index (χ4v) is 11.2. The lowest BCUT2D eigenvalue weighted by molar-refractivity contribution is -0.142. The molecule has 0 radical (unpaired) electrons. The van der Waals surface area contributed by atoms with E-state index < -0.39 is 78.2 Å². The number of carboxylic acid groups (broad SMARTS) is 3. The third-order valence-corrected chi connectivity index (χ3v) is 16.5. The van der Waals surface area contributed by atoms with Crippen molar-refractivity contribution in [2.75, 3.05) is 98.7 Å². The second kappa shape index (κ2) is 38.1. The molecule has 494 valence electrons. The first kappa shape index (κ1) is 73.8. The largest absolute Gasteiger partial charge is 0.507 e. The Labute approximate surface area is 544 Å². The highest BCUT2D eigenvalue weighted by Crippen LogP contribution is 2.23. The Hall–Kier alpha value is -7.92. The van der Waals surface area contributed by atoms with Gasteiger partial charge in [-0.25, -0.2) is 0 Å². The number of ketones is 1. The first-order valence-corrected chi connectivity index (χ1v) is 31.9. The van der Waals surface area contributed by atoms with Gasteiger partial charge in [0.1, 0.15) is 35.7 Å². The number of hydrogen-bond acceptors (Lipinski definition) is 16. The topological polar surface area (TPSA) is 352 Å². The van der Waals surface area contributed by atoms with Gasteiger partial charge in [0.15, 0.2) is 0 Å². The highest BCUT2D eigenvalue weighted by atomic mass is 127. The predicted molar refractivity (Wildman–Crippen MR) is 351 cm³/mol. The number of aliphatic carboxylic acids is 3. The van der Waals surface area contributed by atoms with Crippen LogP contribution in [-0.2, 0) is 62.4 Å². The van der Waals surface area contributed by atoms with Crippen LogP contribution in [-0.4, -0.2) is 233 Å². The number of nitrogens with one attached hydrogen (secondary N) is 6. The maximum absolute atomic E-state index is 14.0. The highest BCUT2D eigenvalue weighted by molar-refractivity contribution is 14.1. The number of carbonyl (C=O) groups is 10.